The van der Waals surface area contributed by atoms with Gasteiger partial charge >= 0.3 is 17.9 Å². The summed E-state index contributed by atoms with van der Waals surface area (Å²) in [6.07, 6.45) is 68.6. The highest BCUT2D eigenvalue weighted by atomic mass is 16.6. The van der Waals surface area contributed by atoms with E-state index in [2.05, 4.69) is 93.7 Å². The van der Waals surface area contributed by atoms with Crippen molar-refractivity contribution >= 4 is 17.9 Å². The van der Waals surface area contributed by atoms with Gasteiger partial charge in [-0.2, -0.15) is 0 Å². The van der Waals surface area contributed by atoms with Gasteiger partial charge in [0.25, 0.3) is 0 Å². The summed E-state index contributed by atoms with van der Waals surface area (Å²) >= 11 is 0. The molecule has 0 spiro atoms. The van der Waals surface area contributed by atoms with Crippen LogP contribution in [0.15, 0.2) is 134 Å². The summed E-state index contributed by atoms with van der Waals surface area (Å²) in [4.78, 5) is 37.9. The van der Waals surface area contributed by atoms with Crippen molar-refractivity contribution in [2.45, 2.75) is 187 Å². The molecule has 0 aliphatic rings. The first-order valence-electron chi connectivity index (χ1n) is 24.3. The van der Waals surface area contributed by atoms with Gasteiger partial charge in [0.15, 0.2) is 6.10 Å². The van der Waals surface area contributed by atoms with Crippen molar-refractivity contribution in [1.29, 1.82) is 0 Å². The quantitative estimate of drug-likeness (QED) is 0.0200. The molecule has 6 heteroatoms. The zero-order valence-electron chi connectivity index (χ0n) is 39.3. The third-order valence-electron chi connectivity index (χ3n) is 9.57. The van der Waals surface area contributed by atoms with Gasteiger partial charge in [-0.1, -0.05) is 206 Å². The average Bonchev–Trinajstić information content (AvgIpc) is 3.27. The normalized spacial score (nSPS) is 13.3. The maximum atomic E-state index is 12.8. The van der Waals surface area contributed by atoms with E-state index >= 15 is 0 Å². The molecule has 62 heavy (non-hydrogen) atoms. The summed E-state index contributed by atoms with van der Waals surface area (Å²) in [6.45, 7) is 6.15. The van der Waals surface area contributed by atoms with Crippen LogP contribution in [-0.2, 0) is 28.6 Å². The number of hydrogen-bond donors (Lipinski definition) is 0. The minimum Gasteiger partial charge on any atom is -0.462 e. The topological polar surface area (TPSA) is 78.9 Å². The van der Waals surface area contributed by atoms with Crippen molar-refractivity contribution in [3.8, 4) is 0 Å². The van der Waals surface area contributed by atoms with E-state index in [1.54, 1.807) is 0 Å². The van der Waals surface area contributed by atoms with Gasteiger partial charge in [-0.15, -0.1) is 0 Å². The van der Waals surface area contributed by atoms with Crippen LogP contribution >= 0.6 is 0 Å². The van der Waals surface area contributed by atoms with Gasteiger partial charge in [-0.3, -0.25) is 14.4 Å². The van der Waals surface area contributed by atoms with Crippen LogP contribution in [0.2, 0.25) is 0 Å². The molecule has 346 valence electrons. The van der Waals surface area contributed by atoms with Crippen LogP contribution in [0.25, 0.3) is 0 Å². The molecule has 0 aromatic heterocycles. The van der Waals surface area contributed by atoms with E-state index < -0.39 is 6.10 Å². The minimum absolute atomic E-state index is 0.113. The maximum absolute atomic E-state index is 12.8. The fraction of sp³-hybridized carbons (Fsp3) is 0.554. The van der Waals surface area contributed by atoms with E-state index in [0.717, 1.165) is 128 Å². The van der Waals surface area contributed by atoms with E-state index in [1.807, 2.05) is 60.8 Å². The number of carbonyl (C=O) groups excluding carboxylic acids is 3. The second-order valence-electron chi connectivity index (χ2n) is 15.4. The molecule has 0 rings (SSSR count). The molecule has 0 aromatic rings. The molecule has 0 saturated carbocycles. The number of allylic oxidation sites excluding steroid dienone is 22. The summed E-state index contributed by atoms with van der Waals surface area (Å²) in [5.74, 6) is -1.00. The highest BCUT2D eigenvalue weighted by molar-refractivity contribution is 5.71. The Morgan fingerprint density at radius 1 is 0.339 bits per heavy atom. The number of ether oxygens (including phenoxy) is 3. The minimum atomic E-state index is -0.816. The van der Waals surface area contributed by atoms with E-state index in [0.29, 0.717) is 12.8 Å². The SMILES string of the molecule is CC\C=C/C=C\C=C/C=C\CCCCCCCC(=O)OC(COC(=O)CCCCC\C=C/C=C\C=C/C=C\CC)COC(=O)CCCCCCCC/C=C\C/C=C\C/C=C\CC. The Kier molecular flexibility index (Phi) is 45.7. The standard InChI is InChI=1S/C56H86O6/c1-4-7-10-13-16-19-22-25-27-29-31-34-37-40-43-46-49-55(58)61-52-53(51-60-54(57)48-45-42-39-36-33-30-24-21-18-15-12-9-6-3)62-56(59)50-47-44-41-38-35-32-28-26-23-20-17-14-11-8-5-2/h7-12,14-21,23-28,30,33,53H,4-6,13,22,29,31-32,34-52H2,1-3H3/b10-7-,11-8-,12-9-,17-14-,18-15-,19-16-,23-20-,24-21-,27-25-,28-26-,33-30-. The van der Waals surface area contributed by atoms with E-state index in [-0.39, 0.29) is 37.5 Å². The van der Waals surface area contributed by atoms with Crippen molar-refractivity contribution < 1.29 is 28.6 Å². The second kappa shape index (κ2) is 49.2. The Bertz CT molecular complexity index is 1400. The molecule has 0 saturated heterocycles. The van der Waals surface area contributed by atoms with Gasteiger partial charge < -0.3 is 14.2 Å². The van der Waals surface area contributed by atoms with Gasteiger partial charge in [-0.05, 0) is 89.9 Å². The number of hydrogen-bond acceptors (Lipinski definition) is 6. The van der Waals surface area contributed by atoms with E-state index in [9.17, 15) is 14.4 Å². The van der Waals surface area contributed by atoms with Crippen molar-refractivity contribution in [3.05, 3.63) is 134 Å². The van der Waals surface area contributed by atoms with Crippen molar-refractivity contribution in [1.82, 2.24) is 0 Å². The largest absolute Gasteiger partial charge is 0.462 e. The van der Waals surface area contributed by atoms with Crippen LogP contribution in [0, 0.1) is 0 Å². The van der Waals surface area contributed by atoms with Crippen LogP contribution < -0.4 is 0 Å². The summed E-state index contributed by atoms with van der Waals surface area (Å²) < 4.78 is 16.7. The Hall–Kier alpha value is -4.45. The van der Waals surface area contributed by atoms with Crippen LogP contribution in [-0.4, -0.2) is 37.2 Å². The number of rotatable bonds is 41. The first-order chi connectivity index (χ1) is 30.5. The van der Waals surface area contributed by atoms with Gasteiger partial charge in [0, 0.05) is 19.3 Å². The highest BCUT2D eigenvalue weighted by Crippen LogP contribution is 2.13. The van der Waals surface area contributed by atoms with Crippen LogP contribution in [0.4, 0.5) is 0 Å². The average molecular weight is 855 g/mol. The molecule has 1 atom stereocenters. The fourth-order valence-corrected chi connectivity index (χ4v) is 6.00. The third kappa shape index (κ3) is 46.6. The van der Waals surface area contributed by atoms with E-state index in [4.69, 9.17) is 14.2 Å². The van der Waals surface area contributed by atoms with Crippen LogP contribution in [0.1, 0.15) is 181 Å². The lowest BCUT2D eigenvalue weighted by Gasteiger charge is -2.18. The molecule has 0 fully saturated rings. The monoisotopic (exact) mass is 855 g/mol. The third-order valence-corrected chi connectivity index (χ3v) is 9.57. The maximum Gasteiger partial charge on any atom is 0.306 e. The molecule has 0 N–H and O–H groups in total. The van der Waals surface area contributed by atoms with Crippen molar-refractivity contribution in [3.63, 3.8) is 0 Å². The molecule has 0 radical (unpaired) electrons. The van der Waals surface area contributed by atoms with Gasteiger partial charge in [-0.25, -0.2) is 0 Å². The second-order valence-corrected chi connectivity index (χ2v) is 15.4. The molecule has 6 nitrogen and oxygen atoms in total. The lowest BCUT2D eigenvalue weighted by molar-refractivity contribution is -0.167. The van der Waals surface area contributed by atoms with Crippen molar-refractivity contribution in [2.75, 3.05) is 13.2 Å². The molecule has 0 aliphatic carbocycles. The zero-order valence-corrected chi connectivity index (χ0v) is 39.3. The lowest BCUT2D eigenvalue weighted by Crippen LogP contribution is -2.30. The Labute approximate surface area is 379 Å². The Morgan fingerprint density at radius 2 is 0.661 bits per heavy atom. The first-order valence-corrected chi connectivity index (χ1v) is 24.3. The number of unbranched alkanes of at least 4 members (excludes halogenated alkanes) is 14. The summed E-state index contributed by atoms with van der Waals surface area (Å²) in [6, 6.07) is 0. The molecular formula is C56H86O6. The zero-order chi connectivity index (χ0) is 45.1. The van der Waals surface area contributed by atoms with Crippen LogP contribution in [0.5, 0.6) is 0 Å². The Balaban J connectivity index is 4.54. The molecule has 0 heterocycles. The molecule has 0 amide bonds. The molecule has 0 aliphatic heterocycles. The van der Waals surface area contributed by atoms with Gasteiger partial charge in [0.1, 0.15) is 13.2 Å². The predicted octanol–water partition coefficient (Wildman–Crippen LogP) is 15.9. The molecule has 1 unspecified atom stereocenters. The fourth-order valence-electron chi connectivity index (χ4n) is 6.00. The number of esters is 3. The van der Waals surface area contributed by atoms with Gasteiger partial charge in [0.2, 0.25) is 0 Å². The lowest BCUT2D eigenvalue weighted by atomic mass is 10.1. The first kappa shape index (κ1) is 57.5. The van der Waals surface area contributed by atoms with Gasteiger partial charge in [0.05, 0.1) is 0 Å². The number of carbonyl (C=O) groups is 3. The molecule has 0 aromatic carbocycles. The predicted molar refractivity (Wildman–Crippen MR) is 265 cm³/mol. The summed E-state index contributed by atoms with van der Waals surface area (Å²) in [5, 5.41) is 0. The molecular weight excluding hydrogens is 769 g/mol. The summed E-state index contributed by atoms with van der Waals surface area (Å²) in [5.41, 5.74) is 0. The van der Waals surface area contributed by atoms with Crippen molar-refractivity contribution in [2.24, 2.45) is 0 Å². The smallest absolute Gasteiger partial charge is 0.306 e. The Morgan fingerprint density at radius 3 is 1.11 bits per heavy atom. The van der Waals surface area contributed by atoms with E-state index in [1.165, 1.54) is 12.8 Å². The summed E-state index contributed by atoms with van der Waals surface area (Å²) in [7, 11) is 0. The molecule has 0 bridgehead atoms. The van der Waals surface area contributed by atoms with Crippen LogP contribution in [0.3, 0.4) is 0 Å². The highest BCUT2D eigenvalue weighted by Gasteiger charge is 2.19.